The summed E-state index contributed by atoms with van der Waals surface area (Å²) < 4.78 is 16.3. The molecular weight excluding hydrogens is 272 g/mol. The average molecular weight is 294 g/mol. The fraction of sp³-hybridized carbons (Fsp3) is 0.533. The van der Waals surface area contributed by atoms with Crippen LogP contribution in [0.3, 0.4) is 0 Å². The van der Waals surface area contributed by atoms with Crippen molar-refractivity contribution in [3.63, 3.8) is 0 Å². The highest BCUT2D eigenvalue weighted by atomic mass is 16.5. The number of methoxy groups -OCH3 is 1. The van der Waals surface area contributed by atoms with Crippen LogP contribution in [0.4, 0.5) is 0 Å². The Kier molecular flexibility index (Phi) is 5.83. The number of amides is 1. The number of benzene rings is 1. The molecule has 116 valence electrons. The highest BCUT2D eigenvalue weighted by Gasteiger charge is 2.24. The van der Waals surface area contributed by atoms with Gasteiger partial charge in [-0.05, 0) is 12.1 Å². The Labute approximate surface area is 125 Å². The van der Waals surface area contributed by atoms with Crippen LogP contribution in [0.1, 0.15) is 0 Å². The lowest BCUT2D eigenvalue weighted by atomic mass is 10.2. The van der Waals surface area contributed by atoms with Crippen molar-refractivity contribution in [3.8, 4) is 11.5 Å². The molecule has 0 spiro atoms. The van der Waals surface area contributed by atoms with E-state index >= 15 is 0 Å². The van der Waals surface area contributed by atoms with Crippen LogP contribution in [0.5, 0.6) is 11.5 Å². The monoisotopic (exact) mass is 294 g/mol. The van der Waals surface area contributed by atoms with E-state index in [1.165, 1.54) is 0 Å². The molecule has 1 amide bonds. The van der Waals surface area contributed by atoms with Gasteiger partial charge in [-0.3, -0.25) is 4.79 Å². The molecule has 21 heavy (non-hydrogen) atoms. The summed E-state index contributed by atoms with van der Waals surface area (Å²) in [6.07, 6.45) is -0.394. The maximum Gasteiger partial charge on any atom is 0.252 e. The summed E-state index contributed by atoms with van der Waals surface area (Å²) >= 11 is 0. The van der Waals surface area contributed by atoms with Gasteiger partial charge in [0.15, 0.2) is 11.5 Å². The van der Waals surface area contributed by atoms with Gasteiger partial charge in [-0.2, -0.15) is 0 Å². The number of nitrogens with zero attached hydrogens (tertiary/aromatic N) is 1. The molecule has 1 heterocycles. The predicted octanol–water partition coefficient (Wildman–Crippen LogP) is 0.521. The van der Waals surface area contributed by atoms with Crippen LogP contribution in [0, 0.1) is 0 Å². The number of likely N-dealkylation sites (N-methyl/N-ethyl adjacent to an activating group) is 1. The molecule has 1 aromatic rings. The van der Waals surface area contributed by atoms with E-state index in [4.69, 9.17) is 14.2 Å². The van der Waals surface area contributed by atoms with Crippen molar-refractivity contribution in [2.24, 2.45) is 0 Å². The predicted molar refractivity (Wildman–Crippen MR) is 78.7 cm³/mol. The lowest BCUT2D eigenvalue weighted by Gasteiger charge is -2.27. The second-order valence-corrected chi connectivity index (χ2v) is 4.82. The number of ether oxygens (including phenoxy) is 3. The summed E-state index contributed by atoms with van der Waals surface area (Å²) in [5.41, 5.74) is 0. The Morgan fingerprint density at radius 1 is 1.43 bits per heavy atom. The van der Waals surface area contributed by atoms with Crippen LogP contribution in [0.2, 0.25) is 0 Å². The van der Waals surface area contributed by atoms with Crippen molar-refractivity contribution in [3.05, 3.63) is 24.3 Å². The molecule has 1 aliphatic heterocycles. The number of carbonyl (C=O) groups is 1. The van der Waals surface area contributed by atoms with Gasteiger partial charge in [-0.25, -0.2) is 0 Å². The van der Waals surface area contributed by atoms with Crippen LogP contribution in [-0.2, 0) is 9.53 Å². The molecule has 1 aromatic carbocycles. The first-order valence-corrected chi connectivity index (χ1v) is 7.05. The number of morpholine rings is 1. The summed E-state index contributed by atoms with van der Waals surface area (Å²) in [6.45, 7) is 2.84. The highest BCUT2D eigenvalue weighted by Crippen LogP contribution is 2.25. The van der Waals surface area contributed by atoms with E-state index in [1.807, 2.05) is 24.3 Å². The second kappa shape index (κ2) is 7.85. The minimum absolute atomic E-state index is 0.0224. The summed E-state index contributed by atoms with van der Waals surface area (Å²) in [5.74, 6) is 1.34. The molecule has 1 atom stereocenters. The largest absolute Gasteiger partial charge is 0.493 e. The van der Waals surface area contributed by atoms with Gasteiger partial charge in [0.1, 0.15) is 12.7 Å². The molecule has 6 heteroatoms. The first-order valence-electron chi connectivity index (χ1n) is 7.05. The molecule has 0 radical (unpaired) electrons. The molecule has 1 aliphatic rings. The second-order valence-electron chi connectivity index (χ2n) is 4.82. The highest BCUT2D eigenvalue weighted by molar-refractivity contribution is 5.81. The minimum Gasteiger partial charge on any atom is -0.493 e. The van der Waals surface area contributed by atoms with E-state index in [1.54, 1.807) is 19.1 Å². The van der Waals surface area contributed by atoms with Gasteiger partial charge in [0.05, 0.1) is 20.3 Å². The summed E-state index contributed by atoms with van der Waals surface area (Å²) in [7, 11) is 3.36. The summed E-state index contributed by atoms with van der Waals surface area (Å²) in [5, 5.41) is 3.15. The lowest BCUT2D eigenvalue weighted by molar-refractivity contribution is -0.144. The Bertz CT molecular complexity index is 461. The molecular formula is C15H22N2O4. The zero-order valence-electron chi connectivity index (χ0n) is 12.5. The van der Waals surface area contributed by atoms with Gasteiger partial charge in [0, 0.05) is 20.1 Å². The maximum atomic E-state index is 12.1. The van der Waals surface area contributed by atoms with Crippen molar-refractivity contribution in [2.45, 2.75) is 6.10 Å². The molecule has 2 rings (SSSR count). The van der Waals surface area contributed by atoms with Crippen molar-refractivity contribution in [1.29, 1.82) is 0 Å². The van der Waals surface area contributed by atoms with Gasteiger partial charge < -0.3 is 24.4 Å². The molecule has 1 saturated heterocycles. The number of hydrogen-bond donors (Lipinski definition) is 1. The molecule has 0 aliphatic carbocycles. The molecule has 1 N–H and O–H groups in total. The van der Waals surface area contributed by atoms with Crippen molar-refractivity contribution < 1.29 is 19.0 Å². The Balaban J connectivity index is 1.78. The number of carbonyl (C=O) groups excluding carboxylic acids is 1. The van der Waals surface area contributed by atoms with Gasteiger partial charge in [-0.15, -0.1) is 0 Å². The van der Waals surface area contributed by atoms with Crippen LogP contribution in [-0.4, -0.2) is 63.9 Å². The van der Waals surface area contributed by atoms with Crippen molar-refractivity contribution >= 4 is 5.91 Å². The third-order valence-electron chi connectivity index (χ3n) is 3.33. The third kappa shape index (κ3) is 4.34. The summed E-state index contributed by atoms with van der Waals surface area (Å²) in [6, 6.07) is 7.45. The van der Waals surface area contributed by atoms with E-state index in [2.05, 4.69) is 5.32 Å². The quantitative estimate of drug-likeness (QED) is 0.829. The van der Waals surface area contributed by atoms with E-state index < -0.39 is 6.10 Å². The maximum absolute atomic E-state index is 12.1. The van der Waals surface area contributed by atoms with Gasteiger partial charge in [0.2, 0.25) is 0 Å². The van der Waals surface area contributed by atoms with Gasteiger partial charge >= 0.3 is 0 Å². The van der Waals surface area contributed by atoms with Crippen LogP contribution < -0.4 is 14.8 Å². The average Bonchev–Trinajstić information content (AvgIpc) is 2.55. The Hall–Kier alpha value is -1.79. The van der Waals surface area contributed by atoms with Gasteiger partial charge in [-0.1, -0.05) is 12.1 Å². The van der Waals surface area contributed by atoms with Crippen LogP contribution in [0.25, 0.3) is 0 Å². The SMILES string of the molecule is COc1ccccc1OCCN(C)C(=O)C1CNCCO1. The number of rotatable bonds is 6. The third-order valence-corrected chi connectivity index (χ3v) is 3.33. The van der Waals surface area contributed by atoms with Crippen molar-refractivity contribution in [1.82, 2.24) is 10.2 Å². The standard InChI is InChI=1S/C15H22N2O4/c1-17(15(18)14-11-16-7-9-20-14)8-10-21-13-6-4-3-5-12(13)19-2/h3-6,14,16H,7-11H2,1-2H3. The van der Waals surface area contributed by atoms with E-state index in [9.17, 15) is 4.79 Å². The Morgan fingerprint density at radius 2 is 2.19 bits per heavy atom. The zero-order chi connectivity index (χ0) is 15.1. The topological polar surface area (TPSA) is 60.0 Å². The molecule has 0 bridgehead atoms. The molecule has 0 aromatic heterocycles. The normalized spacial score (nSPS) is 18.1. The number of para-hydroxylation sites is 2. The first kappa shape index (κ1) is 15.6. The van der Waals surface area contributed by atoms with Crippen LogP contribution >= 0.6 is 0 Å². The first-order chi connectivity index (χ1) is 10.2. The Morgan fingerprint density at radius 3 is 2.86 bits per heavy atom. The van der Waals surface area contributed by atoms with Crippen LogP contribution in [0.15, 0.2) is 24.3 Å². The fourth-order valence-electron chi connectivity index (χ4n) is 2.11. The lowest BCUT2D eigenvalue weighted by Crippen LogP contribution is -2.49. The smallest absolute Gasteiger partial charge is 0.252 e. The van der Waals surface area contributed by atoms with Crippen molar-refractivity contribution in [2.75, 3.05) is 47.0 Å². The van der Waals surface area contributed by atoms with E-state index in [0.29, 0.717) is 37.8 Å². The molecule has 1 fully saturated rings. The fourth-order valence-corrected chi connectivity index (χ4v) is 2.11. The number of hydrogen-bond acceptors (Lipinski definition) is 5. The summed E-state index contributed by atoms with van der Waals surface area (Å²) in [4.78, 5) is 13.8. The van der Waals surface area contributed by atoms with Gasteiger partial charge in [0.25, 0.3) is 5.91 Å². The number of nitrogens with one attached hydrogen (secondary N) is 1. The molecule has 6 nitrogen and oxygen atoms in total. The van der Waals surface area contributed by atoms with E-state index in [0.717, 1.165) is 6.54 Å². The molecule has 0 saturated carbocycles. The minimum atomic E-state index is -0.394. The molecule has 1 unspecified atom stereocenters. The van der Waals surface area contributed by atoms with E-state index in [-0.39, 0.29) is 5.91 Å². The zero-order valence-corrected chi connectivity index (χ0v) is 12.5.